The van der Waals surface area contributed by atoms with Crippen LogP contribution in [0.25, 0.3) is 0 Å². The third-order valence-electron chi connectivity index (χ3n) is 3.73. The molecule has 24 heavy (non-hydrogen) atoms. The molecule has 1 N–H and O–H groups in total. The largest absolute Gasteiger partial charge is 0.494 e. The fourth-order valence-corrected chi connectivity index (χ4v) is 2.45. The van der Waals surface area contributed by atoms with Crippen LogP contribution >= 0.6 is 0 Å². The molecule has 0 heterocycles. The third-order valence-corrected chi connectivity index (χ3v) is 3.73. The molecule has 4 heteroatoms. The predicted octanol–water partition coefficient (Wildman–Crippen LogP) is 4.11. The molecule has 0 fully saturated rings. The minimum absolute atomic E-state index is 0.0550. The lowest BCUT2D eigenvalue weighted by Crippen LogP contribution is -2.26. The lowest BCUT2D eigenvalue weighted by molar-refractivity contribution is 0.0939. The molecular formula is C20H25NO3. The van der Waals surface area contributed by atoms with Gasteiger partial charge in [-0.3, -0.25) is 4.79 Å². The van der Waals surface area contributed by atoms with Gasteiger partial charge in [0, 0.05) is 17.7 Å². The molecule has 0 saturated carbocycles. The summed E-state index contributed by atoms with van der Waals surface area (Å²) >= 11 is 0. The van der Waals surface area contributed by atoms with E-state index in [9.17, 15) is 4.79 Å². The number of carbonyl (C=O) groups excluding carboxylic acids is 1. The Kier molecular flexibility index (Phi) is 6.82. The monoisotopic (exact) mass is 327 g/mol. The lowest BCUT2D eigenvalue weighted by atomic mass is 10.1. The summed E-state index contributed by atoms with van der Waals surface area (Å²) in [5, 5.41) is 3.03. The first kappa shape index (κ1) is 18.0. The molecule has 0 aliphatic heterocycles. The van der Waals surface area contributed by atoms with Gasteiger partial charge in [-0.2, -0.15) is 0 Å². The van der Waals surface area contributed by atoms with E-state index in [1.165, 1.54) is 0 Å². The highest BCUT2D eigenvalue weighted by atomic mass is 16.5. The highest BCUT2D eigenvalue weighted by molar-refractivity contribution is 5.94. The van der Waals surface area contributed by atoms with Crippen LogP contribution < -0.4 is 10.1 Å². The molecule has 0 spiro atoms. The van der Waals surface area contributed by atoms with E-state index in [4.69, 9.17) is 9.47 Å². The van der Waals surface area contributed by atoms with Crippen LogP contribution in [0.5, 0.6) is 5.75 Å². The molecular weight excluding hydrogens is 302 g/mol. The summed E-state index contributed by atoms with van der Waals surface area (Å²) in [5.74, 6) is 0.658. The molecule has 0 bridgehead atoms. The molecule has 1 atom stereocenters. The molecule has 0 aliphatic carbocycles. The molecule has 2 aromatic rings. The van der Waals surface area contributed by atoms with Crippen molar-refractivity contribution in [1.82, 2.24) is 5.32 Å². The summed E-state index contributed by atoms with van der Waals surface area (Å²) in [4.78, 5) is 12.5. The van der Waals surface area contributed by atoms with Gasteiger partial charge in [-0.25, -0.2) is 0 Å². The topological polar surface area (TPSA) is 47.6 Å². The zero-order valence-electron chi connectivity index (χ0n) is 14.5. The molecule has 4 nitrogen and oxygen atoms in total. The van der Waals surface area contributed by atoms with E-state index >= 15 is 0 Å². The second-order valence-corrected chi connectivity index (χ2v) is 5.50. The standard InChI is InChI=1S/C20H25NO3/c1-4-23-14-18-13-17(11-12-19(18)24-5-2)20(22)21-15(3)16-9-7-6-8-10-16/h6-13,15H,4-5,14H2,1-3H3,(H,21,22). The van der Waals surface area contributed by atoms with Crippen molar-refractivity contribution in [2.75, 3.05) is 13.2 Å². The molecule has 0 aliphatic rings. The van der Waals surface area contributed by atoms with Gasteiger partial charge < -0.3 is 14.8 Å². The maximum Gasteiger partial charge on any atom is 0.251 e. The fourth-order valence-electron chi connectivity index (χ4n) is 2.45. The van der Waals surface area contributed by atoms with Crippen LogP contribution in [0.4, 0.5) is 0 Å². The number of amides is 1. The minimum Gasteiger partial charge on any atom is -0.494 e. The van der Waals surface area contributed by atoms with Crippen molar-refractivity contribution in [2.45, 2.75) is 33.4 Å². The second kappa shape index (κ2) is 9.08. The fraction of sp³-hybridized carbons (Fsp3) is 0.350. The van der Waals surface area contributed by atoms with Gasteiger partial charge in [-0.15, -0.1) is 0 Å². The Bertz CT molecular complexity index is 655. The van der Waals surface area contributed by atoms with Crippen LogP contribution in [0, 0.1) is 0 Å². The van der Waals surface area contributed by atoms with Gasteiger partial charge in [-0.1, -0.05) is 30.3 Å². The Morgan fingerprint density at radius 1 is 1.08 bits per heavy atom. The van der Waals surface area contributed by atoms with Crippen molar-refractivity contribution in [3.8, 4) is 5.75 Å². The van der Waals surface area contributed by atoms with Crippen LogP contribution in [-0.2, 0) is 11.3 Å². The predicted molar refractivity (Wildman–Crippen MR) is 95.3 cm³/mol. The van der Waals surface area contributed by atoms with E-state index in [-0.39, 0.29) is 11.9 Å². The minimum atomic E-state index is -0.104. The zero-order valence-corrected chi connectivity index (χ0v) is 14.5. The van der Waals surface area contributed by atoms with Crippen molar-refractivity contribution >= 4 is 5.91 Å². The molecule has 2 aromatic carbocycles. The molecule has 2 rings (SSSR count). The quantitative estimate of drug-likeness (QED) is 0.793. The second-order valence-electron chi connectivity index (χ2n) is 5.50. The molecule has 1 amide bonds. The smallest absolute Gasteiger partial charge is 0.251 e. The van der Waals surface area contributed by atoms with Crippen molar-refractivity contribution < 1.29 is 14.3 Å². The van der Waals surface area contributed by atoms with Gasteiger partial charge in [0.1, 0.15) is 5.75 Å². The average molecular weight is 327 g/mol. The first-order valence-corrected chi connectivity index (χ1v) is 8.35. The first-order chi connectivity index (χ1) is 11.7. The number of rotatable bonds is 8. The van der Waals surface area contributed by atoms with Crippen LogP contribution in [0.1, 0.15) is 48.3 Å². The Balaban J connectivity index is 2.13. The van der Waals surface area contributed by atoms with E-state index in [2.05, 4.69) is 5.32 Å². The number of carbonyl (C=O) groups is 1. The normalized spacial score (nSPS) is 11.8. The van der Waals surface area contributed by atoms with Crippen molar-refractivity contribution in [3.05, 3.63) is 65.2 Å². The van der Waals surface area contributed by atoms with Gasteiger partial charge >= 0.3 is 0 Å². The summed E-state index contributed by atoms with van der Waals surface area (Å²) in [5.41, 5.74) is 2.57. The Morgan fingerprint density at radius 3 is 2.50 bits per heavy atom. The Labute approximate surface area is 143 Å². The average Bonchev–Trinajstić information content (AvgIpc) is 2.61. The summed E-state index contributed by atoms with van der Waals surface area (Å²) in [7, 11) is 0. The summed E-state index contributed by atoms with van der Waals surface area (Å²) in [6.45, 7) is 7.48. The number of hydrogen-bond acceptors (Lipinski definition) is 3. The van der Waals surface area contributed by atoms with E-state index in [0.717, 1.165) is 16.9 Å². The van der Waals surface area contributed by atoms with Gasteiger partial charge in [-0.05, 0) is 44.5 Å². The zero-order chi connectivity index (χ0) is 17.4. The van der Waals surface area contributed by atoms with Crippen LogP contribution in [-0.4, -0.2) is 19.1 Å². The maximum absolute atomic E-state index is 12.5. The summed E-state index contributed by atoms with van der Waals surface area (Å²) in [6.07, 6.45) is 0. The summed E-state index contributed by atoms with van der Waals surface area (Å²) < 4.78 is 11.1. The number of nitrogens with one attached hydrogen (secondary N) is 1. The van der Waals surface area contributed by atoms with Gasteiger partial charge in [0.05, 0.1) is 19.3 Å². The van der Waals surface area contributed by atoms with Gasteiger partial charge in [0.2, 0.25) is 0 Å². The first-order valence-electron chi connectivity index (χ1n) is 8.35. The SMILES string of the molecule is CCOCc1cc(C(=O)NC(C)c2ccccc2)ccc1OCC. The van der Waals surface area contributed by atoms with E-state index in [0.29, 0.717) is 25.4 Å². The summed E-state index contributed by atoms with van der Waals surface area (Å²) in [6, 6.07) is 15.3. The van der Waals surface area contributed by atoms with E-state index in [1.54, 1.807) is 6.07 Å². The number of benzene rings is 2. The molecule has 1 unspecified atom stereocenters. The maximum atomic E-state index is 12.5. The lowest BCUT2D eigenvalue weighted by Gasteiger charge is -2.16. The van der Waals surface area contributed by atoms with Crippen molar-refractivity contribution in [3.63, 3.8) is 0 Å². The molecule has 0 aromatic heterocycles. The van der Waals surface area contributed by atoms with Gasteiger partial charge in [0.15, 0.2) is 0 Å². The van der Waals surface area contributed by atoms with Crippen molar-refractivity contribution in [2.24, 2.45) is 0 Å². The molecule has 0 radical (unpaired) electrons. The van der Waals surface area contributed by atoms with Crippen LogP contribution in [0.15, 0.2) is 48.5 Å². The highest BCUT2D eigenvalue weighted by Gasteiger charge is 2.14. The van der Waals surface area contributed by atoms with Crippen molar-refractivity contribution in [1.29, 1.82) is 0 Å². The number of ether oxygens (including phenoxy) is 2. The highest BCUT2D eigenvalue weighted by Crippen LogP contribution is 2.22. The Hall–Kier alpha value is -2.33. The van der Waals surface area contributed by atoms with E-state index < -0.39 is 0 Å². The van der Waals surface area contributed by atoms with Gasteiger partial charge in [0.25, 0.3) is 5.91 Å². The molecule has 0 saturated heterocycles. The number of hydrogen-bond donors (Lipinski definition) is 1. The van der Waals surface area contributed by atoms with E-state index in [1.807, 2.05) is 63.2 Å². The Morgan fingerprint density at radius 2 is 1.83 bits per heavy atom. The van der Waals surface area contributed by atoms with Crippen LogP contribution in [0.3, 0.4) is 0 Å². The molecule has 128 valence electrons. The third kappa shape index (κ3) is 4.83. The van der Waals surface area contributed by atoms with Crippen LogP contribution in [0.2, 0.25) is 0 Å².